The first-order valence-electron chi connectivity index (χ1n) is 9.51. The molecule has 3 aromatic carbocycles. The summed E-state index contributed by atoms with van der Waals surface area (Å²) in [5.41, 5.74) is 5.77. The summed E-state index contributed by atoms with van der Waals surface area (Å²) in [6, 6.07) is 22.9. The Bertz CT molecular complexity index is 1300. The predicted octanol–water partition coefficient (Wildman–Crippen LogP) is 3.81. The number of hydrogen-bond acceptors (Lipinski definition) is 3. The molecule has 5 rings (SSSR count). The number of amidine groups is 4. The standard InChI is InChI=1S/C24H18N6/c25-21(29-24-19-12-6-5-11-18(19)23(27)30-24)15-8-2-1-7-14(15)13-20-16-9-3-4-10-17(16)22(26)28-20/h1-13H,(H2,26,28)(H3,25,27,29,30)/b20-13-. The molecule has 0 radical (unpaired) electrons. The molecular weight excluding hydrogens is 372 g/mol. The van der Waals surface area contributed by atoms with Crippen LogP contribution in [0, 0.1) is 16.2 Å². The number of aliphatic imine (C=N–C) groups is 1. The van der Waals surface area contributed by atoms with Gasteiger partial charge in [-0.3, -0.25) is 16.2 Å². The van der Waals surface area contributed by atoms with E-state index in [1.165, 1.54) is 0 Å². The number of hydrogen-bond donors (Lipinski definition) is 5. The Morgan fingerprint density at radius 2 is 1.27 bits per heavy atom. The minimum absolute atomic E-state index is 0.107. The zero-order valence-corrected chi connectivity index (χ0v) is 16.0. The molecule has 0 aliphatic carbocycles. The van der Waals surface area contributed by atoms with Gasteiger partial charge in [-0.2, -0.15) is 0 Å². The van der Waals surface area contributed by atoms with Crippen molar-refractivity contribution in [3.8, 4) is 0 Å². The van der Waals surface area contributed by atoms with Crippen molar-refractivity contribution in [3.05, 3.63) is 106 Å². The fraction of sp³-hybridized carbons (Fsp3) is 0. The van der Waals surface area contributed by atoms with Crippen molar-refractivity contribution >= 4 is 35.1 Å². The Morgan fingerprint density at radius 3 is 2.03 bits per heavy atom. The Morgan fingerprint density at radius 1 is 0.700 bits per heavy atom. The SMILES string of the molecule is N=C(/N=C1\NC(=N)c2ccccc21)c1ccccc1/C=C1\NC(=N)c2ccccc21. The van der Waals surface area contributed by atoms with Crippen LogP contribution in [0.15, 0.2) is 77.8 Å². The molecule has 0 amide bonds. The average molecular weight is 390 g/mol. The predicted molar refractivity (Wildman–Crippen MR) is 120 cm³/mol. The Labute approximate surface area is 173 Å². The van der Waals surface area contributed by atoms with Crippen molar-refractivity contribution < 1.29 is 0 Å². The minimum atomic E-state index is 0.107. The van der Waals surface area contributed by atoms with Crippen LogP contribution in [0.5, 0.6) is 0 Å². The molecule has 30 heavy (non-hydrogen) atoms. The number of rotatable bonds is 2. The third-order valence-corrected chi connectivity index (χ3v) is 5.18. The number of fused-ring (bicyclic) bond motifs is 2. The summed E-state index contributed by atoms with van der Waals surface area (Å²) in [6.45, 7) is 0. The first-order chi connectivity index (χ1) is 14.6. The highest BCUT2D eigenvalue weighted by Gasteiger charge is 2.23. The molecule has 0 fully saturated rings. The lowest BCUT2D eigenvalue weighted by Gasteiger charge is -2.08. The summed E-state index contributed by atoms with van der Waals surface area (Å²) < 4.78 is 0. The maximum absolute atomic E-state index is 8.61. The van der Waals surface area contributed by atoms with Gasteiger partial charge in [0.05, 0.1) is 0 Å². The lowest BCUT2D eigenvalue weighted by Crippen LogP contribution is -2.22. The summed E-state index contributed by atoms with van der Waals surface area (Å²) in [5.74, 6) is 1.28. The van der Waals surface area contributed by atoms with E-state index in [2.05, 4.69) is 15.6 Å². The van der Waals surface area contributed by atoms with Crippen LogP contribution in [0.2, 0.25) is 0 Å². The smallest absolute Gasteiger partial charge is 0.154 e. The van der Waals surface area contributed by atoms with E-state index in [1.54, 1.807) is 0 Å². The van der Waals surface area contributed by atoms with Gasteiger partial charge in [-0.25, -0.2) is 4.99 Å². The van der Waals surface area contributed by atoms with Gasteiger partial charge in [0, 0.05) is 33.5 Å². The summed E-state index contributed by atoms with van der Waals surface area (Å²) in [6.07, 6.45) is 1.95. The van der Waals surface area contributed by atoms with Crippen LogP contribution < -0.4 is 10.6 Å². The topological polar surface area (TPSA) is 108 Å². The van der Waals surface area contributed by atoms with E-state index in [1.807, 2.05) is 78.9 Å². The Balaban J connectivity index is 1.54. The van der Waals surface area contributed by atoms with E-state index in [0.717, 1.165) is 33.5 Å². The molecule has 6 heteroatoms. The summed E-state index contributed by atoms with van der Waals surface area (Å²) in [5, 5.41) is 30.9. The molecule has 0 bridgehead atoms. The highest BCUT2D eigenvalue weighted by atomic mass is 15.1. The number of nitrogens with zero attached hydrogens (tertiary/aromatic N) is 1. The van der Waals surface area contributed by atoms with Crippen molar-refractivity contribution in [3.63, 3.8) is 0 Å². The maximum Gasteiger partial charge on any atom is 0.154 e. The highest BCUT2D eigenvalue weighted by Crippen LogP contribution is 2.27. The van der Waals surface area contributed by atoms with Crippen LogP contribution in [0.3, 0.4) is 0 Å². The van der Waals surface area contributed by atoms with Gasteiger partial charge in [0.1, 0.15) is 17.5 Å². The van der Waals surface area contributed by atoms with Crippen molar-refractivity contribution in [1.29, 1.82) is 16.2 Å². The normalized spacial score (nSPS) is 16.9. The van der Waals surface area contributed by atoms with E-state index in [4.69, 9.17) is 16.2 Å². The molecule has 144 valence electrons. The third kappa shape index (κ3) is 2.91. The molecule has 6 nitrogen and oxygen atoms in total. The molecule has 5 N–H and O–H groups in total. The first-order valence-corrected chi connectivity index (χ1v) is 9.51. The van der Waals surface area contributed by atoms with Gasteiger partial charge in [0.25, 0.3) is 0 Å². The van der Waals surface area contributed by atoms with E-state index in [-0.39, 0.29) is 11.7 Å². The van der Waals surface area contributed by atoms with Crippen molar-refractivity contribution in [2.45, 2.75) is 0 Å². The van der Waals surface area contributed by atoms with E-state index in [9.17, 15) is 0 Å². The van der Waals surface area contributed by atoms with E-state index >= 15 is 0 Å². The zero-order chi connectivity index (χ0) is 20.7. The van der Waals surface area contributed by atoms with Crippen LogP contribution in [-0.4, -0.2) is 23.3 Å². The van der Waals surface area contributed by atoms with Gasteiger partial charge in [0.15, 0.2) is 5.84 Å². The Hall–Kier alpha value is -4.32. The second kappa shape index (κ2) is 6.93. The van der Waals surface area contributed by atoms with E-state index < -0.39 is 0 Å². The van der Waals surface area contributed by atoms with Crippen LogP contribution in [-0.2, 0) is 0 Å². The van der Waals surface area contributed by atoms with Gasteiger partial charge < -0.3 is 10.6 Å². The maximum atomic E-state index is 8.61. The zero-order valence-electron chi connectivity index (χ0n) is 16.0. The number of nitrogens with one attached hydrogen (secondary N) is 5. The molecule has 0 aromatic heterocycles. The molecule has 0 atom stereocenters. The van der Waals surface area contributed by atoms with Crippen LogP contribution in [0.1, 0.15) is 33.4 Å². The lowest BCUT2D eigenvalue weighted by atomic mass is 10.0. The van der Waals surface area contributed by atoms with Crippen molar-refractivity contribution in [2.75, 3.05) is 0 Å². The quantitative estimate of drug-likeness (QED) is 0.339. The summed E-state index contributed by atoms with van der Waals surface area (Å²) in [7, 11) is 0. The van der Waals surface area contributed by atoms with Gasteiger partial charge in [-0.15, -0.1) is 0 Å². The molecule has 2 heterocycles. The molecule has 2 aliphatic rings. The van der Waals surface area contributed by atoms with Crippen LogP contribution in [0.4, 0.5) is 0 Å². The molecule has 0 saturated heterocycles. The average Bonchev–Trinajstić information content (AvgIpc) is 3.26. The van der Waals surface area contributed by atoms with Gasteiger partial charge in [0.2, 0.25) is 0 Å². The first kappa shape index (κ1) is 17.8. The monoisotopic (exact) mass is 390 g/mol. The highest BCUT2D eigenvalue weighted by molar-refractivity contribution is 6.27. The molecule has 0 saturated carbocycles. The van der Waals surface area contributed by atoms with Crippen LogP contribution >= 0.6 is 0 Å². The summed E-state index contributed by atoms with van der Waals surface area (Å²) >= 11 is 0. The van der Waals surface area contributed by atoms with E-state index in [0.29, 0.717) is 17.2 Å². The molecule has 0 spiro atoms. The fourth-order valence-electron chi connectivity index (χ4n) is 3.73. The largest absolute Gasteiger partial charge is 0.340 e. The summed E-state index contributed by atoms with van der Waals surface area (Å²) in [4.78, 5) is 4.49. The van der Waals surface area contributed by atoms with Crippen molar-refractivity contribution in [1.82, 2.24) is 10.6 Å². The van der Waals surface area contributed by atoms with Gasteiger partial charge >= 0.3 is 0 Å². The molecule has 3 aromatic rings. The number of benzene rings is 3. The second-order valence-corrected chi connectivity index (χ2v) is 7.05. The Kier molecular flexibility index (Phi) is 4.10. The molecule has 0 unspecified atom stereocenters. The fourth-order valence-corrected chi connectivity index (χ4v) is 3.73. The van der Waals surface area contributed by atoms with Crippen molar-refractivity contribution in [2.24, 2.45) is 4.99 Å². The second-order valence-electron chi connectivity index (χ2n) is 7.05. The van der Waals surface area contributed by atoms with Crippen LogP contribution in [0.25, 0.3) is 11.8 Å². The minimum Gasteiger partial charge on any atom is -0.340 e. The van der Waals surface area contributed by atoms with Gasteiger partial charge in [-0.05, 0) is 11.6 Å². The molecular formula is C24H18N6. The van der Waals surface area contributed by atoms with Gasteiger partial charge in [-0.1, -0.05) is 72.8 Å². The molecule has 2 aliphatic heterocycles. The lowest BCUT2D eigenvalue weighted by molar-refractivity contribution is 1.30. The third-order valence-electron chi connectivity index (χ3n) is 5.18.